The number of nitrogens with zero attached hydrogens (tertiary/aromatic N) is 1. The van der Waals surface area contributed by atoms with Gasteiger partial charge < -0.3 is 10.2 Å². The lowest BCUT2D eigenvalue weighted by atomic mass is 9.82. The molecule has 2 rings (SSSR count). The molecule has 0 radical (unpaired) electrons. The van der Waals surface area contributed by atoms with Gasteiger partial charge in [0.25, 0.3) is 0 Å². The molecule has 1 N–H and O–H groups in total. The Bertz CT molecular complexity index is 764. The summed E-state index contributed by atoms with van der Waals surface area (Å²) >= 11 is 0. The summed E-state index contributed by atoms with van der Waals surface area (Å²) in [5.74, 6) is 0.167. The molecule has 0 spiro atoms. The van der Waals surface area contributed by atoms with E-state index in [1.165, 1.54) is 22.3 Å². The molecule has 0 unspecified atom stereocenters. The Balaban J connectivity index is 2.24. The van der Waals surface area contributed by atoms with Gasteiger partial charge in [-0.2, -0.15) is 0 Å². The van der Waals surface area contributed by atoms with E-state index >= 15 is 0 Å². The maximum Gasteiger partial charge on any atom is 0.220 e. The first-order valence-electron chi connectivity index (χ1n) is 11.5. The van der Waals surface area contributed by atoms with Crippen molar-refractivity contribution in [3.8, 4) is 0 Å². The molecule has 0 heterocycles. The van der Waals surface area contributed by atoms with Crippen molar-refractivity contribution in [3.63, 3.8) is 0 Å². The van der Waals surface area contributed by atoms with Crippen molar-refractivity contribution in [2.75, 3.05) is 27.2 Å². The van der Waals surface area contributed by atoms with Gasteiger partial charge in [0.15, 0.2) is 0 Å². The van der Waals surface area contributed by atoms with Gasteiger partial charge in [-0.1, -0.05) is 90.1 Å². The summed E-state index contributed by atoms with van der Waals surface area (Å²) in [5, 5.41) is 3.11. The minimum Gasteiger partial charge on any atom is -0.356 e. The Labute approximate surface area is 190 Å². The standard InChI is InChI=1S/C28H42N2O/c1-27(2,3)23-14-10-21(11-15-23)25(20-26(31)29-18-9-19-30(7)8)22-12-16-24(17-13-22)28(4,5)6/h10-17,25H,9,18-20H2,1-8H3,(H,29,31). The first-order chi connectivity index (χ1) is 14.4. The maximum absolute atomic E-state index is 12.8. The zero-order chi connectivity index (χ0) is 23.2. The van der Waals surface area contributed by atoms with Crippen LogP contribution in [0, 0.1) is 0 Å². The van der Waals surface area contributed by atoms with E-state index in [9.17, 15) is 4.79 Å². The molecule has 0 fully saturated rings. The molecule has 0 aliphatic carbocycles. The minimum atomic E-state index is 0.0527. The maximum atomic E-state index is 12.8. The van der Waals surface area contributed by atoms with E-state index in [2.05, 4.69) is 114 Å². The fraction of sp³-hybridized carbons (Fsp3) is 0.536. The number of carbonyl (C=O) groups is 1. The van der Waals surface area contributed by atoms with E-state index in [0.717, 1.165) is 19.5 Å². The molecule has 0 aliphatic rings. The van der Waals surface area contributed by atoms with Crippen LogP contribution in [0.25, 0.3) is 0 Å². The van der Waals surface area contributed by atoms with Crippen LogP contribution < -0.4 is 5.32 Å². The molecule has 0 saturated heterocycles. The summed E-state index contributed by atoms with van der Waals surface area (Å²) in [7, 11) is 4.11. The number of benzene rings is 2. The first kappa shape index (κ1) is 25.1. The van der Waals surface area contributed by atoms with E-state index in [0.29, 0.717) is 6.42 Å². The van der Waals surface area contributed by atoms with Crippen LogP contribution in [0.1, 0.15) is 82.6 Å². The molecule has 2 aromatic rings. The summed E-state index contributed by atoms with van der Waals surface area (Å²) in [5.41, 5.74) is 5.25. The smallest absolute Gasteiger partial charge is 0.220 e. The highest BCUT2D eigenvalue weighted by Gasteiger charge is 2.21. The SMILES string of the molecule is CN(C)CCCNC(=O)CC(c1ccc(C(C)(C)C)cc1)c1ccc(C(C)(C)C)cc1. The molecule has 0 saturated carbocycles. The van der Waals surface area contributed by atoms with Gasteiger partial charge in [-0.3, -0.25) is 4.79 Å². The third-order valence-corrected chi connectivity index (χ3v) is 5.85. The van der Waals surface area contributed by atoms with Crippen molar-refractivity contribution in [1.82, 2.24) is 10.2 Å². The lowest BCUT2D eigenvalue weighted by Crippen LogP contribution is -2.28. The molecule has 2 aromatic carbocycles. The van der Waals surface area contributed by atoms with Crippen LogP contribution >= 0.6 is 0 Å². The van der Waals surface area contributed by atoms with Crippen LogP contribution in [0.5, 0.6) is 0 Å². The van der Waals surface area contributed by atoms with Crippen LogP contribution in [-0.4, -0.2) is 38.0 Å². The van der Waals surface area contributed by atoms with E-state index in [4.69, 9.17) is 0 Å². The fourth-order valence-electron chi connectivity index (χ4n) is 3.74. The molecule has 0 atom stereocenters. The number of hydrogen-bond donors (Lipinski definition) is 1. The molecule has 3 heteroatoms. The van der Waals surface area contributed by atoms with Crippen molar-refractivity contribution in [3.05, 3.63) is 70.8 Å². The minimum absolute atomic E-state index is 0.0527. The Kier molecular flexibility index (Phi) is 8.48. The van der Waals surface area contributed by atoms with Crippen molar-refractivity contribution >= 4 is 5.91 Å². The second-order valence-electron chi connectivity index (χ2n) is 11.0. The van der Waals surface area contributed by atoms with Gasteiger partial charge in [-0.15, -0.1) is 0 Å². The molecule has 0 bridgehead atoms. The second-order valence-corrected chi connectivity index (χ2v) is 11.0. The molecule has 3 nitrogen and oxygen atoms in total. The largest absolute Gasteiger partial charge is 0.356 e. The first-order valence-corrected chi connectivity index (χ1v) is 11.5. The van der Waals surface area contributed by atoms with Crippen LogP contribution in [0.2, 0.25) is 0 Å². The number of carbonyl (C=O) groups excluding carboxylic acids is 1. The average Bonchev–Trinajstić information content (AvgIpc) is 2.68. The lowest BCUT2D eigenvalue weighted by molar-refractivity contribution is -0.121. The van der Waals surface area contributed by atoms with Crippen LogP contribution in [0.15, 0.2) is 48.5 Å². The topological polar surface area (TPSA) is 32.3 Å². The van der Waals surface area contributed by atoms with Crippen LogP contribution in [0.4, 0.5) is 0 Å². The van der Waals surface area contributed by atoms with Gasteiger partial charge in [-0.25, -0.2) is 0 Å². The number of nitrogens with one attached hydrogen (secondary N) is 1. The van der Waals surface area contributed by atoms with Gasteiger partial charge >= 0.3 is 0 Å². The van der Waals surface area contributed by atoms with Gasteiger partial charge in [0, 0.05) is 18.9 Å². The Morgan fingerprint density at radius 2 is 1.23 bits per heavy atom. The summed E-state index contributed by atoms with van der Waals surface area (Å²) < 4.78 is 0. The Morgan fingerprint density at radius 3 is 1.58 bits per heavy atom. The fourth-order valence-corrected chi connectivity index (χ4v) is 3.74. The number of hydrogen-bond acceptors (Lipinski definition) is 2. The highest BCUT2D eigenvalue weighted by Crippen LogP contribution is 2.32. The Morgan fingerprint density at radius 1 is 0.806 bits per heavy atom. The number of amides is 1. The van der Waals surface area contributed by atoms with Gasteiger partial charge in [0.1, 0.15) is 0 Å². The van der Waals surface area contributed by atoms with Crippen molar-refractivity contribution < 1.29 is 4.79 Å². The van der Waals surface area contributed by atoms with E-state index in [-0.39, 0.29) is 22.7 Å². The highest BCUT2D eigenvalue weighted by atomic mass is 16.1. The highest BCUT2D eigenvalue weighted by molar-refractivity contribution is 5.77. The molecular weight excluding hydrogens is 380 g/mol. The molecular formula is C28H42N2O. The van der Waals surface area contributed by atoms with Crippen LogP contribution in [0.3, 0.4) is 0 Å². The van der Waals surface area contributed by atoms with E-state index in [1.807, 2.05) is 0 Å². The molecule has 31 heavy (non-hydrogen) atoms. The molecule has 1 amide bonds. The predicted octanol–water partition coefficient (Wildman–Crippen LogP) is 5.87. The lowest BCUT2D eigenvalue weighted by Gasteiger charge is -2.23. The molecule has 0 aliphatic heterocycles. The third kappa shape index (κ3) is 7.81. The zero-order valence-electron chi connectivity index (χ0n) is 20.9. The van der Waals surface area contributed by atoms with E-state index < -0.39 is 0 Å². The molecule has 0 aromatic heterocycles. The average molecular weight is 423 g/mol. The summed E-state index contributed by atoms with van der Waals surface area (Å²) in [6.07, 6.45) is 1.43. The van der Waals surface area contributed by atoms with Gasteiger partial charge in [-0.05, 0) is 60.1 Å². The zero-order valence-corrected chi connectivity index (χ0v) is 20.9. The van der Waals surface area contributed by atoms with Crippen LogP contribution in [-0.2, 0) is 15.6 Å². The normalized spacial score (nSPS) is 12.5. The van der Waals surface area contributed by atoms with Gasteiger partial charge in [0.2, 0.25) is 5.91 Å². The van der Waals surface area contributed by atoms with Gasteiger partial charge in [0.05, 0.1) is 0 Å². The van der Waals surface area contributed by atoms with Crippen molar-refractivity contribution in [1.29, 1.82) is 0 Å². The summed E-state index contributed by atoms with van der Waals surface area (Å²) in [6, 6.07) is 17.6. The monoisotopic (exact) mass is 422 g/mol. The second kappa shape index (κ2) is 10.5. The number of rotatable bonds is 8. The molecule has 170 valence electrons. The third-order valence-electron chi connectivity index (χ3n) is 5.85. The summed E-state index contributed by atoms with van der Waals surface area (Å²) in [4.78, 5) is 14.9. The van der Waals surface area contributed by atoms with Crippen molar-refractivity contribution in [2.24, 2.45) is 0 Å². The summed E-state index contributed by atoms with van der Waals surface area (Å²) in [6.45, 7) is 15.1. The predicted molar refractivity (Wildman–Crippen MR) is 133 cm³/mol. The quantitative estimate of drug-likeness (QED) is 0.540. The Hall–Kier alpha value is -2.13. The van der Waals surface area contributed by atoms with E-state index in [1.54, 1.807) is 0 Å². The van der Waals surface area contributed by atoms with Crippen molar-refractivity contribution in [2.45, 2.75) is 71.1 Å².